The Balaban J connectivity index is 1.15. The average Bonchev–Trinajstić information content (AvgIpc) is 1.44. The lowest BCUT2D eigenvalue weighted by molar-refractivity contribution is -0.148. The standard InChI is InChI=1S/C73H111IN10O17S/c1-17-43(8)62(54(99-15)38-57(86)82-34-23-27-52(82)64(100-16)45(10)65(91)76-46(11)63(90)49-25-21-20-22-26-49)80(13)71(97)60(41(4)5)79-68(94)61(42(6)7)81(14)72(98)101-40-48-29-31-50(32-30-48)77-67(93)53-28-24-35-83(53)69(95)51(37-59(88)89)78-66(92)47(12)75-56(85)33-36-84-58(87)39-55(70(84)96)102-73(74,19-3)44(9)18-2/h20-22,25-26,29-32,41-47,51-55,60-64,90H,17-19,23-24,27-28,33-40H2,1-16H3,(H,75,85)(H,76,91)(H,77,93)(H,78,92)(H,79,94)(H,88,89)/t43-,44?,45+,46+,47-,51-,52-,53-,54+,55?,60-,61-,62-,63+,64+,73?/m0/s1. The van der Waals surface area contributed by atoms with Gasteiger partial charge in [0.05, 0.1) is 63.2 Å². The minimum absolute atomic E-state index is 0.0150. The van der Waals surface area contributed by atoms with E-state index in [0.717, 1.165) is 22.6 Å². The Bertz CT molecular complexity index is 3220. The fourth-order valence-corrected chi connectivity index (χ4v) is 16.5. The van der Waals surface area contributed by atoms with Gasteiger partial charge < -0.3 is 65.7 Å². The Morgan fingerprint density at radius 1 is 0.745 bits per heavy atom. The Hall–Kier alpha value is -6.96. The fraction of sp³-hybridized carbons (Fsp3) is 0.671. The summed E-state index contributed by atoms with van der Waals surface area (Å²) in [7, 11) is 6.05. The SMILES string of the molecule is CCC(C)C(I)(CC)SC1CC(=O)N(CCC(=O)N[C@@H](C)C(=O)N[C@@H](CC(=O)O)C(=O)N2CCC[C@H]2C(=O)Nc2ccc(COC(=O)N(C)[C@H](C(=O)N[C@H](C(=O)N(C)[C@@H]([C@@H](C)CC)[C@@H](CC(=O)N3CCC[C@H]3[C@H](OC)[C@@H](C)C(=O)N[C@H](C)[C@@H](O)c3ccccc3)OC)C(C)C)C(C)C)cc2)C1=O. The second kappa shape index (κ2) is 39.8. The summed E-state index contributed by atoms with van der Waals surface area (Å²) in [4.78, 5) is 171. The first-order chi connectivity index (χ1) is 48.1. The molecular weight excluding hydrogens is 1450 g/mol. The molecule has 3 unspecified atom stereocenters. The van der Waals surface area contributed by atoms with Gasteiger partial charge in [-0.1, -0.05) is 147 Å². The van der Waals surface area contributed by atoms with Crippen molar-refractivity contribution in [3.63, 3.8) is 0 Å². The highest BCUT2D eigenvalue weighted by Crippen LogP contribution is 2.48. The number of alkyl halides is 1. The van der Waals surface area contributed by atoms with Gasteiger partial charge in [-0.05, 0) is 92.9 Å². The highest BCUT2D eigenvalue weighted by atomic mass is 127. The van der Waals surface area contributed by atoms with Crippen molar-refractivity contribution in [1.82, 2.24) is 45.8 Å². The third kappa shape index (κ3) is 22.5. The molecule has 27 nitrogen and oxygen atoms in total. The maximum atomic E-state index is 14.8. The normalized spacial score (nSPS) is 20.3. The number of aliphatic hydroxyl groups is 1. The van der Waals surface area contributed by atoms with Crippen LogP contribution in [0.25, 0.3) is 0 Å². The number of imide groups is 1. The van der Waals surface area contributed by atoms with Crippen molar-refractivity contribution in [1.29, 1.82) is 0 Å². The lowest BCUT2D eigenvalue weighted by Crippen LogP contribution is -2.60. The van der Waals surface area contributed by atoms with Crippen LogP contribution >= 0.6 is 34.4 Å². The Kier molecular flexibility index (Phi) is 33.4. The highest BCUT2D eigenvalue weighted by molar-refractivity contribution is 14.1. The van der Waals surface area contributed by atoms with Gasteiger partial charge in [-0.2, -0.15) is 0 Å². The molecule has 0 saturated carbocycles. The van der Waals surface area contributed by atoms with E-state index in [4.69, 9.17) is 14.2 Å². The first-order valence-corrected chi connectivity index (χ1v) is 37.6. The van der Waals surface area contributed by atoms with Crippen molar-refractivity contribution in [2.45, 2.75) is 235 Å². The van der Waals surface area contributed by atoms with E-state index in [1.807, 2.05) is 39.0 Å². The third-order valence-corrected chi connectivity index (χ3v) is 24.5. The predicted molar refractivity (Wildman–Crippen MR) is 394 cm³/mol. The molecule has 29 heteroatoms. The molecule has 0 aromatic heterocycles. The first-order valence-electron chi connectivity index (χ1n) is 35.7. The average molecular weight is 1560 g/mol. The number of nitrogens with one attached hydrogen (secondary N) is 5. The van der Waals surface area contributed by atoms with Crippen molar-refractivity contribution < 1.29 is 82.0 Å². The molecule has 11 amide bonds. The number of thioether (sulfide) groups is 1. The smallest absolute Gasteiger partial charge is 0.410 e. The number of ether oxygens (including phenoxy) is 3. The number of likely N-dealkylation sites (N-methyl/N-ethyl adjacent to an activating group) is 2. The number of aliphatic carboxylic acids is 1. The first kappa shape index (κ1) is 85.7. The highest BCUT2D eigenvalue weighted by Gasteiger charge is 2.47. The molecule has 3 fully saturated rings. The van der Waals surface area contributed by atoms with Crippen molar-refractivity contribution in [2.75, 3.05) is 53.3 Å². The fourth-order valence-electron chi connectivity index (χ4n) is 13.7. The zero-order valence-corrected chi connectivity index (χ0v) is 65.1. The van der Waals surface area contributed by atoms with Crippen molar-refractivity contribution >= 4 is 111 Å². The van der Waals surface area contributed by atoms with E-state index in [2.05, 4.69) is 63.0 Å². The van der Waals surface area contributed by atoms with E-state index in [1.54, 1.807) is 94.8 Å². The van der Waals surface area contributed by atoms with E-state index < -0.39 is 149 Å². The molecule has 102 heavy (non-hydrogen) atoms. The maximum Gasteiger partial charge on any atom is 0.410 e. The molecule has 568 valence electrons. The number of anilines is 1. The Labute approximate surface area is 619 Å². The topological polar surface area (TPSA) is 349 Å². The number of benzene rings is 2. The van der Waals surface area contributed by atoms with E-state index >= 15 is 0 Å². The van der Waals surface area contributed by atoms with Crippen LogP contribution in [0.2, 0.25) is 0 Å². The van der Waals surface area contributed by atoms with Crippen LogP contribution in [0.1, 0.15) is 171 Å². The van der Waals surface area contributed by atoms with E-state index in [0.29, 0.717) is 49.0 Å². The number of nitrogens with zero attached hydrogens (tertiary/aromatic N) is 5. The van der Waals surface area contributed by atoms with Gasteiger partial charge in [-0.3, -0.25) is 62.5 Å². The number of amides is 11. The lowest BCUT2D eigenvalue weighted by atomic mass is 9.89. The number of carboxylic acids is 1. The van der Waals surface area contributed by atoms with E-state index in [9.17, 15) is 67.7 Å². The summed E-state index contributed by atoms with van der Waals surface area (Å²) < 4.78 is 17.5. The van der Waals surface area contributed by atoms with Crippen LogP contribution in [-0.2, 0) is 73.6 Å². The largest absolute Gasteiger partial charge is 0.481 e. The predicted octanol–water partition coefficient (Wildman–Crippen LogP) is 6.81. The molecular formula is C73H111IN10O17S. The summed E-state index contributed by atoms with van der Waals surface area (Å²) in [5.74, 6) is -8.23. The van der Waals surface area contributed by atoms with Gasteiger partial charge in [0.1, 0.15) is 36.8 Å². The Morgan fingerprint density at radius 3 is 1.96 bits per heavy atom. The molecule has 2 aromatic rings. The molecule has 0 aliphatic carbocycles. The van der Waals surface area contributed by atoms with Crippen LogP contribution in [0.5, 0.6) is 0 Å². The van der Waals surface area contributed by atoms with Crippen molar-refractivity contribution in [3.8, 4) is 0 Å². The molecule has 7 N–H and O–H groups in total. The number of likely N-dealkylation sites (tertiary alicyclic amines) is 3. The summed E-state index contributed by atoms with van der Waals surface area (Å²) in [6.45, 7) is 22.1. The molecule has 0 spiro atoms. The van der Waals surface area contributed by atoms with Crippen molar-refractivity contribution in [2.24, 2.45) is 29.6 Å². The summed E-state index contributed by atoms with van der Waals surface area (Å²) >= 11 is 3.83. The maximum absolute atomic E-state index is 14.8. The zero-order valence-electron chi connectivity index (χ0n) is 62.2. The second-order valence-corrected chi connectivity index (χ2v) is 32.2. The van der Waals surface area contributed by atoms with Crippen LogP contribution < -0.4 is 26.6 Å². The van der Waals surface area contributed by atoms with Crippen LogP contribution in [-0.4, -0.2) is 222 Å². The van der Waals surface area contributed by atoms with Crippen LogP contribution in [0.4, 0.5) is 10.5 Å². The molecule has 16 atom stereocenters. The molecule has 3 saturated heterocycles. The van der Waals surface area contributed by atoms with Gasteiger partial charge in [-0.25, -0.2) is 4.79 Å². The quantitative estimate of drug-likeness (QED) is 0.0206. The van der Waals surface area contributed by atoms with Crippen LogP contribution in [0, 0.1) is 29.6 Å². The number of hydrogen-bond acceptors (Lipinski definition) is 17. The lowest BCUT2D eigenvalue weighted by Gasteiger charge is -2.41. The van der Waals surface area contributed by atoms with Crippen LogP contribution in [0.15, 0.2) is 54.6 Å². The number of rotatable bonds is 38. The van der Waals surface area contributed by atoms with Gasteiger partial charge in [-0.15, -0.1) is 11.8 Å². The number of aliphatic hydroxyl groups excluding tert-OH is 1. The minimum Gasteiger partial charge on any atom is -0.481 e. The summed E-state index contributed by atoms with van der Waals surface area (Å²) in [6.07, 6.45) is -0.298. The molecule has 0 bridgehead atoms. The molecule has 0 radical (unpaired) electrons. The third-order valence-electron chi connectivity index (χ3n) is 20.2. The molecule has 3 aliphatic heterocycles. The number of carbonyl (C=O) groups excluding carboxylic acids is 11. The summed E-state index contributed by atoms with van der Waals surface area (Å²) in [5.41, 5.74) is 1.49. The summed E-state index contributed by atoms with van der Waals surface area (Å²) in [6, 6.07) is 7.56. The monoisotopic (exact) mass is 1560 g/mol. The number of carboxylic acid groups (broad SMARTS) is 1. The van der Waals surface area contributed by atoms with E-state index in [-0.39, 0.29) is 77.7 Å². The van der Waals surface area contributed by atoms with Gasteiger partial charge in [0, 0.05) is 66.5 Å². The molecule has 2 aromatic carbocycles. The number of halogens is 1. The summed E-state index contributed by atoms with van der Waals surface area (Å²) in [5, 5.41) is 33.8. The second-order valence-electron chi connectivity index (χ2n) is 28.0. The van der Waals surface area contributed by atoms with Crippen LogP contribution in [0.3, 0.4) is 0 Å². The zero-order chi connectivity index (χ0) is 76.2. The Morgan fingerprint density at radius 2 is 1.38 bits per heavy atom. The van der Waals surface area contributed by atoms with Crippen molar-refractivity contribution in [3.05, 3.63) is 65.7 Å². The molecule has 3 aliphatic rings. The van der Waals surface area contributed by atoms with Gasteiger partial charge in [0.25, 0.3) is 0 Å². The number of carbonyl (C=O) groups is 12. The minimum atomic E-state index is -1.61. The molecule has 3 heterocycles. The van der Waals surface area contributed by atoms with Gasteiger partial charge in [0.15, 0.2) is 0 Å². The number of methoxy groups -OCH3 is 2. The van der Waals surface area contributed by atoms with Gasteiger partial charge in [0.2, 0.25) is 59.1 Å². The molecule has 5 rings (SSSR count). The van der Waals surface area contributed by atoms with E-state index in [1.165, 1.54) is 44.9 Å². The number of hydrogen-bond donors (Lipinski definition) is 7. The van der Waals surface area contributed by atoms with Gasteiger partial charge >= 0.3 is 12.1 Å².